The zero-order valence-electron chi connectivity index (χ0n) is 7.19. The van der Waals surface area contributed by atoms with E-state index < -0.39 is 0 Å². The highest BCUT2D eigenvalue weighted by molar-refractivity contribution is 9.10. The van der Waals surface area contributed by atoms with Crippen LogP contribution in [0.5, 0.6) is 0 Å². The Balaban J connectivity index is 2.05. The predicted molar refractivity (Wildman–Crippen MR) is 59.0 cm³/mol. The Morgan fingerprint density at radius 2 is 2.23 bits per heavy atom. The minimum Gasteiger partial charge on any atom is -0.310 e. The van der Waals surface area contributed by atoms with E-state index in [1.165, 1.54) is 18.4 Å². The molecule has 0 spiro atoms. The van der Waals surface area contributed by atoms with Gasteiger partial charge in [0.05, 0.1) is 5.02 Å². The zero-order chi connectivity index (χ0) is 9.26. The molecule has 1 N–H and O–H groups in total. The maximum absolute atomic E-state index is 5.97. The van der Waals surface area contributed by atoms with Crippen molar-refractivity contribution in [3.05, 3.63) is 33.3 Å². The van der Waals surface area contributed by atoms with Crippen LogP contribution in [0, 0.1) is 0 Å². The summed E-state index contributed by atoms with van der Waals surface area (Å²) >= 11 is 9.45. The van der Waals surface area contributed by atoms with E-state index in [0.717, 1.165) is 22.1 Å². The molecule has 0 radical (unpaired) electrons. The molecule has 2 rings (SSSR count). The van der Waals surface area contributed by atoms with E-state index in [0.29, 0.717) is 0 Å². The van der Waals surface area contributed by atoms with Gasteiger partial charge in [0.2, 0.25) is 0 Å². The lowest BCUT2D eigenvalue weighted by Gasteiger charge is -2.06. The Bertz CT molecular complexity index is 310. The number of nitrogens with one attached hydrogen (secondary N) is 1. The van der Waals surface area contributed by atoms with Gasteiger partial charge in [-0.2, -0.15) is 0 Å². The van der Waals surface area contributed by atoms with E-state index in [1.807, 2.05) is 12.1 Å². The van der Waals surface area contributed by atoms with Crippen LogP contribution in [-0.4, -0.2) is 6.04 Å². The molecule has 0 unspecified atom stereocenters. The van der Waals surface area contributed by atoms with Crippen molar-refractivity contribution in [2.75, 3.05) is 0 Å². The smallest absolute Gasteiger partial charge is 0.0551 e. The molecule has 0 heterocycles. The molecule has 0 saturated heterocycles. The summed E-state index contributed by atoms with van der Waals surface area (Å²) in [7, 11) is 0. The Hall–Kier alpha value is -0.0500. The van der Waals surface area contributed by atoms with Crippen LogP contribution >= 0.6 is 27.5 Å². The largest absolute Gasteiger partial charge is 0.310 e. The van der Waals surface area contributed by atoms with Crippen molar-refractivity contribution in [3.63, 3.8) is 0 Å². The summed E-state index contributed by atoms with van der Waals surface area (Å²) in [5.74, 6) is 0. The molecular formula is C10H11BrClN. The molecule has 1 saturated carbocycles. The molecule has 1 aliphatic rings. The van der Waals surface area contributed by atoms with Crippen molar-refractivity contribution < 1.29 is 0 Å². The number of hydrogen-bond acceptors (Lipinski definition) is 1. The van der Waals surface area contributed by atoms with Gasteiger partial charge in [-0.25, -0.2) is 0 Å². The van der Waals surface area contributed by atoms with Crippen molar-refractivity contribution in [3.8, 4) is 0 Å². The second-order valence-electron chi connectivity index (χ2n) is 3.37. The maximum atomic E-state index is 5.97. The van der Waals surface area contributed by atoms with E-state index in [1.54, 1.807) is 0 Å². The fraction of sp³-hybridized carbons (Fsp3) is 0.400. The average molecular weight is 261 g/mol. The number of halogens is 2. The lowest BCUT2D eigenvalue weighted by molar-refractivity contribution is 0.686. The standard InChI is InChI=1S/C10H11BrClN/c11-10-7(2-1-3-9(10)12)6-13-8-4-5-8/h1-3,8,13H,4-6H2. The second-order valence-corrected chi connectivity index (χ2v) is 4.57. The molecule has 1 aliphatic carbocycles. The number of rotatable bonds is 3. The van der Waals surface area contributed by atoms with Crippen LogP contribution in [0.25, 0.3) is 0 Å². The Morgan fingerprint density at radius 1 is 1.46 bits per heavy atom. The number of hydrogen-bond donors (Lipinski definition) is 1. The fourth-order valence-electron chi connectivity index (χ4n) is 1.23. The number of benzene rings is 1. The van der Waals surface area contributed by atoms with Crippen LogP contribution in [0.15, 0.2) is 22.7 Å². The van der Waals surface area contributed by atoms with Gasteiger partial charge in [0.15, 0.2) is 0 Å². The third-order valence-electron chi connectivity index (χ3n) is 2.19. The third-order valence-corrected chi connectivity index (χ3v) is 3.67. The van der Waals surface area contributed by atoms with E-state index in [9.17, 15) is 0 Å². The van der Waals surface area contributed by atoms with Gasteiger partial charge in [-0.15, -0.1) is 0 Å². The molecule has 1 fully saturated rings. The molecule has 13 heavy (non-hydrogen) atoms. The van der Waals surface area contributed by atoms with Crippen LogP contribution in [-0.2, 0) is 6.54 Å². The van der Waals surface area contributed by atoms with Crippen LogP contribution in [0.2, 0.25) is 5.02 Å². The van der Waals surface area contributed by atoms with E-state index in [-0.39, 0.29) is 0 Å². The summed E-state index contributed by atoms with van der Waals surface area (Å²) in [5.41, 5.74) is 1.24. The molecular weight excluding hydrogens is 249 g/mol. The summed E-state index contributed by atoms with van der Waals surface area (Å²) in [5, 5.41) is 4.24. The second kappa shape index (κ2) is 3.99. The molecule has 1 aromatic rings. The molecule has 0 atom stereocenters. The molecule has 0 aromatic heterocycles. The molecule has 70 valence electrons. The fourth-order valence-corrected chi connectivity index (χ4v) is 1.83. The Labute approximate surface area is 91.6 Å². The molecule has 3 heteroatoms. The van der Waals surface area contributed by atoms with Crippen LogP contribution in [0.1, 0.15) is 18.4 Å². The zero-order valence-corrected chi connectivity index (χ0v) is 9.53. The minimum absolute atomic E-state index is 0.742. The molecule has 1 nitrogen and oxygen atoms in total. The van der Waals surface area contributed by atoms with Gasteiger partial charge in [-0.1, -0.05) is 23.7 Å². The van der Waals surface area contributed by atoms with Gasteiger partial charge >= 0.3 is 0 Å². The van der Waals surface area contributed by atoms with E-state index in [2.05, 4.69) is 27.3 Å². The topological polar surface area (TPSA) is 12.0 Å². The lowest BCUT2D eigenvalue weighted by atomic mass is 10.2. The highest BCUT2D eigenvalue weighted by atomic mass is 79.9. The molecule has 0 aliphatic heterocycles. The molecule has 0 amide bonds. The summed E-state index contributed by atoms with van der Waals surface area (Å²) in [6.07, 6.45) is 2.64. The van der Waals surface area contributed by atoms with Crippen molar-refractivity contribution in [1.82, 2.24) is 5.32 Å². The first-order valence-corrected chi connectivity index (χ1v) is 5.61. The lowest BCUT2D eigenvalue weighted by Crippen LogP contribution is -2.15. The average Bonchev–Trinajstić information content (AvgIpc) is 2.91. The summed E-state index contributed by atoms with van der Waals surface area (Å²) in [6.45, 7) is 0.909. The summed E-state index contributed by atoms with van der Waals surface area (Å²) in [6, 6.07) is 6.71. The quantitative estimate of drug-likeness (QED) is 0.879. The molecule has 1 aromatic carbocycles. The Kier molecular flexibility index (Phi) is 2.92. The first-order chi connectivity index (χ1) is 6.27. The first-order valence-electron chi connectivity index (χ1n) is 4.43. The van der Waals surface area contributed by atoms with Gasteiger partial charge in [0, 0.05) is 17.1 Å². The van der Waals surface area contributed by atoms with Crippen molar-refractivity contribution in [1.29, 1.82) is 0 Å². The minimum atomic E-state index is 0.742. The first kappa shape index (κ1) is 9.50. The monoisotopic (exact) mass is 259 g/mol. The van der Waals surface area contributed by atoms with Crippen LogP contribution in [0.3, 0.4) is 0 Å². The van der Waals surface area contributed by atoms with Crippen molar-refractivity contribution >= 4 is 27.5 Å². The van der Waals surface area contributed by atoms with Crippen LogP contribution < -0.4 is 5.32 Å². The highest BCUT2D eigenvalue weighted by Gasteiger charge is 2.20. The molecule has 0 bridgehead atoms. The Morgan fingerprint density at radius 3 is 2.92 bits per heavy atom. The normalized spacial score (nSPS) is 16.2. The SMILES string of the molecule is Clc1cccc(CNC2CC2)c1Br. The van der Waals surface area contributed by atoms with Crippen LogP contribution in [0.4, 0.5) is 0 Å². The van der Waals surface area contributed by atoms with E-state index in [4.69, 9.17) is 11.6 Å². The van der Waals surface area contributed by atoms with Gasteiger partial charge in [0.25, 0.3) is 0 Å². The van der Waals surface area contributed by atoms with Gasteiger partial charge in [-0.05, 0) is 40.4 Å². The third kappa shape index (κ3) is 2.46. The van der Waals surface area contributed by atoms with Gasteiger partial charge in [0.1, 0.15) is 0 Å². The van der Waals surface area contributed by atoms with Crippen molar-refractivity contribution in [2.24, 2.45) is 0 Å². The van der Waals surface area contributed by atoms with Gasteiger partial charge < -0.3 is 5.32 Å². The highest BCUT2D eigenvalue weighted by Crippen LogP contribution is 2.27. The van der Waals surface area contributed by atoms with Gasteiger partial charge in [-0.3, -0.25) is 0 Å². The van der Waals surface area contributed by atoms with Crippen molar-refractivity contribution in [2.45, 2.75) is 25.4 Å². The van der Waals surface area contributed by atoms with E-state index >= 15 is 0 Å². The predicted octanol–water partition coefficient (Wildman–Crippen LogP) is 3.35. The summed E-state index contributed by atoms with van der Waals surface area (Å²) in [4.78, 5) is 0. The summed E-state index contributed by atoms with van der Waals surface area (Å²) < 4.78 is 1.02. The maximum Gasteiger partial charge on any atom is 0.0551 e.